The van der Waals surface area contributed by atoms with Gasteiger partial charge in [-0.2, -0.15) is 0 Å². The first-order valence-corrected chi connectivity index (χ1v) is 10.7. The molecule has 3 aliphatic rings. The summed E-state index contributed by atoms with van der Waals surface area (Å²) in [6.45, 7) is 4.59. The van der Waals surface area contributed by atoms with Crippen LogP contribution in [0.1, 0.15) is 13.3 Å². The van der Waals surface area contributed by atoms with E-state index in [1.54, 1.807) is 30.4 Å². The summed E-state index contributed by atoms with van der Waals surface area (Å²) in [7, 11) is 1.83. The van der Waals surface area contributed by atoms with Gasteiger partial charge in [0.1, 0.15) is 18.6 Å². The van der Waals surface area contributed by atoms with Crippen LogP contribution in [-0.2, 0) is 9.53 Å². The van der Waals surface area contributed by atoms with Gasteiger partial charge in [-0.25, -0.2) is 15.0 Å². The zero-order chi connectivity index (χ0) is 22.2. The molecule has 168 valence electrons. The number of hydrogen-bond acceptors (Lipinski definition) is 10. The van der Waals surface area contributed by atoms with Gasteiger partial charge in [-0.3, -0.25) is 9.78 Å². The molecule has 2 aromatic rings. The maximum Gasteiger partial charge on any atom is 0.247 e. The third-order valence-electron chi connectivity index (χ3n) is 6.12. The predicted octanol–water partition coefficient (Wildman–Crippen LogP) is 0.354. The summed E-state index contributed by atoms with van der Waals surface area (Å²) < 4.78 is 5.43. The molecule has 3 atom stereocenters. The molecule has 11 nitrogen and oxygen atoms in total. The first kappa shape index (κ1) is 20.4. The second-order valence-electron chi connectivity index (χ2n) is 8.62. The lowest BCUT2D eigenvalue weighted by Gasteiger charge is -2.29. The summed E-state index contributed by atoms with van der Waals surface area (Å²) >= 11 is 0. The lowest BCUT2D eigenvalue weighted by atomic mass is 10.2. The number of fused-ring (bicyclic) bond motifs is 1. The fourth-order valence-corrected chi connectivity index (χ4v) is 4.08. The highest BCUT2D eigenvalue weighted by molar-refractivity contribution is 5.94. The molecule has 2 unspecified atom stereocenters. The zero-order valence-corrected chi connectivity index (χ0v) is 18.2. The van der Waals surface area contributed by atoms with E-state index in [1.807, 2.05) is 7.05 Å². The Morgan fingerprint density at radius 1 is 1.22 bits per heavy atom. The number of piperidine rings is 1. The van der Waals surface area contributed by atoms with Crippen LogP contribution in [0.5, 0.6) is 0 Å². The second-order valence-corrected chi connectivity index (χ2v) is 8.62. The molecule has 2 fully saturated rings. The Kier molecular flexibility index (Phi) is 5.25. The van der Waals surface area contributed by atoms with Gasteiger partial charge in [0, 0.05) is 38.1 Å². The van der Waals surface area contributed by atoms with Gasteiger partial charge < -0.3 is 30.9 Å². The Morgan fingerprint density at radius 3 is 2.72 bits per heavy atom. The van der Waals surface area contributed by atoms with E-state index >= 15 is 0 Å². The topological polar surface area (TPSA) is 134 Å². The van der Waals surface area contributed by atoms with Crippen LogP contribution in [0.3, 0.4) is 0 Å². The highest BCUT2D eigenvalue weighted by Crippen LogP contribution is 2.45. The van der Waals surface area contributed by atoms with Crippen LogP contribution in [0.4, 0.5) is 11.8 Å². The van der Waals surface area contributed by atoms with Crippen molar-refractivity contribution in [1.29, 1.82) is 0 Å². The first-order valence-electron chi connectivity index (χ1n) is 10.7. The van der Waals surface area contributed by atoms with Crippen molar-refractivity contribution in [2.24, 2.45) is 17.6 Å². The quantitative estimate of drug-likeness (QED) is 0.581. The molecule has 4 heterocycles. The number of rotatable bonds is 6. The Hall–Kier alpha value is -3.47. The predicted molar refractivity (Wildman–Crippen MR) is 118 cm³/mol. The summed E-state index contributed by atoms with van der Waals surface area (Å²) in [5.74, 6) is 3.05. The molecular formula is C21H27N9O2. The van der Waals surface area contributed by atoms with Crippen LogP contribution < -0.4 is 21.3 Å². The van der Waals surface area contributed by atoms with Crippen molar-refractivity contribution < 1.29 is 9.53 Å². The van der Waals surface area contributed by atoms with Crippen molar-refractivity contribution in [3.63, 3.8) is 0 Å². The molecule has 4 N–H and O–H groups in total. The number of carbonyl (C=O) groups is 1. The van der Waals surface area contributed by atoms with Crippen molar-refractivity contribution in [1.82, 2.24) is 30.2 Å². The summed E-state index contributed by atoms with van der Waals surface area (Å²) in [5.41, 5.74) is 8.07. The lowest BCUT2D eigenvalue weighted by Crippen LogP contribution is -2.44. The van der Waals surface area contributed by atoms with Crippen LogP contribution in [0, 0.1) is 11.8 Å². The number of carbonyl (C=O) groups excluding carboxylic acids is 1. The maximum absolute atomic E-state index is 12.7. The van der Waals surface area contributed by atoms with Gasteiger partial charge in [-0.05, 0) is 25.2 Å². The number of amides is 1. The third kappa shape index (κ3) is 4.15. The van der Waals surface area contributed by atoms with Crippen LogP contribution in [-0.4, -0.2) is 70.3 Å². The summed E-state index contributed by atoms with van der Waals surface area (Å²) in [6.07, 6.45) is 7.97. The molecule has 0 spiro atoms. The van der Waals surface area contributed by atoms with Gasteiger partial charge in [-0.15, -0.1) is 0 Å². The molecule has 0 aromatic carbocycles. The van der Waals surface area contributed by atoms with Gasteiger partial charge in [0.25, 0.3) is 0 Å². The second kappa shape index (κ2) is 8.23. The van der Waals surface area contributed by atoms with Gasteiger partial charge in [0.15, 0.2) is 5.82 Å². The van der Waals surface area contributed by atoms with Crippen LogP contribution >= 0.6 is 0 Å². The molecule has 5 rings (SSSR count). The fraction of sp³-hybridized carbons (Fsp3) is 0.476. The Bertz CT molecular complexity index is 1030. The highest BCUT2D eigenvalue weighted by Gasteiger charge is 2.45. The van der Waals surface area contributed by atoms with Gasteiger partial charge in [0.05, 0.1) is 30.4 Å². The SMILES string of the molecule is C[C@H](NC1=C(N)N(C)COC1)C(=O)Nc1cncc(-c2cnc(N3CC4CC4C3)nc2)n1. The smallest absolute Gasteiger partial charge is 0.247 e. The first-order chi connectivity index (χ1) is 15.5. The van der Waals surface area contributed by atoms with Crippen molar-refractivity contribution in [2.45, 2.75) is 19.4 Å². The average Bonchev–Trinajstić information content (AvgIpc) is 3.42. The standard InChI is InChI=1S/C21H27N9O2/c1-12(26-17-10-32-11-29(2)19(17)22)20(31)28-18-7-23-6-16(27-18)15-4-24-21(25-5-15)30-8-13-3-14(13)9-30/h4-7,12-14,26H,3,8-11,22H2,1-2H3,(H,27,28,31)/t12-,13?,14?/m0/s1. The minimum Gasteiger partial charge on any atom is -0.384 e. The van der Waals surface area contributed by atoms with Crippen molar-refractivity contribution in [3.8, 4) is 11.3 Å². The van der Waals surface area contributed by atoms with Crippen LogP contribution in [0.2, 0.25) is 0 Å². The molecule has 2 aliphatic heterocycles. The fourth-order valence-electron chi connectivity index (χ4n) is 4.08. The molecule has 1 aliphatic carbocycles. The molecule has 32 heavy (non-hydrogen) atoms. The molecule has 0 bridgehead atoms. The number of ether oxygens (including phenoxy) is 1. The van der Waals surface area contributed by atoms with Gasteiger partial charge in [0.2, 0.25) is 11.9 Å². The Labute approximate surface area is 186 Å². The minimum absolute atomic E-state index is 0.260. The summed E-state index contributed by atoms with van der Waals surface area (Å²) in [6, 6.07) is -0.543. The lowest BCUT2D eigenvalue weighted by molar-refractivity contribution is -0.117. The van der Waals surface area contributed by atoms with E-state index in [4.69, 9.17) is 10.5 Å². The van der Waals surface area contributed by atoms with E-state index in [9.17, 15) is 4.79 Å². The van der Waals surface area contributed by atoms with E-state index in [1.165, 1.54) is 12.6 Å². The Morgan fingerprint density at radius 2 is 1.97 bits per heavy atom. The van der Waals surface area contributed by atoms with Crippen LogP contribution in [0.25, 0.3) is 11.3 Å². The van der Waals surface area contributed by atoms with Gasteiger partial charge in [-0.1, -0.05) is 0 Å². The normalized spacial score (nSPS) is 23.1. The molecule has 2 aromatic heterocycles. The van der Waals surface area contributed by atoms with E-state index in [-0.39, 0.29) is 5.91 Å². The van der Waals surface area contributed by atoms with Gasteiger partial charge >= 0.3 is 0 Å². The van der Waals surface area contributed by atoms with E-state index in [0.29, 0.717) is 36.4 Å². The van der Waals surface area contributed by atoms with Crippen molar-refractivity contribution in [2.75, 3.05) is 43.7 Å². The average molecular weight is 438 g/mol. The number of nitrogens with zero attached hydrogens (tertiary/aromatic N) is 6. The number of anilines is 2. The monoisotopic (exact) mass is 437 g/mol. The summed E-state index contributed by atoms with van der Waals surface area (Å²) in [4.78, 5) is 34.4. The van der Waals surface area contributed by atoms with E-state index < -0.39 is 6.04 Å². The number of nitrogens with two attached hydrogens (primary N) is 1. The molecule has 1 amide bonds. The third-order valence-corrected chi connectivity index (χ3v) is 6.12. The molecule has 1 saturated carbocycles. The van der Waals surface area contributed by atoms with Crippen molar-refractivity contribution in [3.05, 3.63) is 36.3 Å². The maximum atomic E-state index is 12.7. The minimum atomic E-state index is -0.543. The van der Waals surface area contributed by atoms with E-state index in [2.05, 4.69) is 35.5 Å². The molecule has 11 heteroatoms. The zero-order valence-electron chi connectivity index (χ0n) is 18.2. The number of nitrogens with one attached hydrogen (secondary N) is 2. The Balaban J connectivity index is 1.23. The highest BCUT2D eigenvalue weighted by atomic mass is 16.5. The largest absolute Gasteiger partial charge is 0.384 e. The molecular weight excluding hydrogens is 410 g/mol. The van der Waals surface area contributed by atoms with E-state index in [0.717, 1.165) is 36.4 Å². The molecule has 1 saturated heterocycles. The molecule has 0 radical (unpaired) electrons. The van der Waals surface area contributed by atoms with Crippen LogP contribution in [0.15, 0.2) is 36.3 Å². The number of hydrogen-bond donors (Lipinski definition) is 3. The summed E-state index contributed by atoms with van der Waals surface area (Å²) in [5, 5.41) is 5.90. The van der Waals surface area contributed by atoms with Crippen molar-refractivity contribution >= 4 is 17.7 Å². The number of aromatic nitrogens is 4.